The molecule has 0 aromatic heterocycles. The Morgan fingerprint density at radius 3 is 1.80 bits per heavy atom. The van der Waals surface area contributed by atoms with Crippen LogP contribution in [0.2, 0.25) is 0 Å². The molecular formula is C24H35NO10. The van der Waals surface area contributed by atoms with Gasteiger partial charge in [-0.2, -0.15) is 0 Å². The Morgan fingerprint density at radius 2 is 1.34 bits per heavy atom. The maximum atomic E-state index is 12.2. The minimum absolute atomic E-state index is 0.0516. The van der Waals surface area contributed by atoms with Crippen molar-refractivity contribution in [2.75, 3.05) is 19.8 Å². The summed E-state index contributed by atoms with van der Waals surface area (Å²) in [7, 11) is 0. The van der Waals surface area contributed by atoms with Gasteiger partial charge in [0.05, 0.1) is 19.8 Å². The zero-order valence-corrected chi connectivity index (χ0v) is 20.9. The summed E-state index contributed by atoms with van der Waals surface area (Å²) in [6, 6.07) is 2.77. The van der Waals surface area contributed by atoms with Crippen molar-refractivity contribution < 1.29 is 48.0 Å². The lowest BCUT2D eigenvalue weighted by molar-refractivity contribution is -0.142. The van der Waals surface area contributed by atoms with E-state index < -0.39 is 42.1 Å². The van der Waals surface area contributed by atoms with Crippen LogP contribution >= 0.6 is 0 Å². The van der Waals surface area contributed by atoms with Crippen molar-refractivity contribution in [3.63, 3.8) is 0 Å². The molecule has 0 radical (unpaired) electrons. The van der Waals surface area contributed by atoms with Crippen molar-refractivity contribution in [3.8, 4) is 11.5 Å². The molecule has 196 valence electrons. The molecule has 1 rings (SSSR count). The number of nitrogens with two attached hydrogens (primary N) is 1. The van der Waals surface area contributed by atoms with Crippen LogP contribution in [0.15, 0.2) is 18.2 Å². The van der Waals surface area contributed by atoms with Gasteiger partial charge in [-0.3, -0.25) is 9.59 Å². The summed E-state index contributed by atoms with van der Waals surface area (Å²) in [6.45, 7) is 10.4. The molecule has 11 nitrogen and oxygen atoms in total. The highest BCUT2D eigenvalue weighted by molar-refractivity contribution is 5.75. The van der Waals surface area contributed by atoms with Crippen LogP contribution < -0.4 is 15.2 Å². The number of carbonyl (C=O) groups excluding carboxylic acids is 3. The van der Waals surface area contributed by atoms with E-state index in [-0.39, 0.29) is 43.2 Å². The fourth-order valence-corrected chi connectivity index (χ4v) is 3.00. The van der Waals surface area contributed by atoms with Crippen molar-refractivity contribution in [2.24, 2.45) is 23.5 Å². The van der Waals surface area contributed by atoms with Crippen LogP contribution in [0, 0.1) is 17.8 Å². The van der Waals surface area contributed by atoms with E-state index >= 15 is 0 Å². The Bertz CT molecular complexity index is 883. The van der Waals surface area contributed by atoms with Crippen LogP contribution in [0.25, 0.3) is 0 Å². The zero-order valence-electron chi connectivity index (χ0n) is 20.9. The molecule has 3 atom stereocenters. The van der Waals surface area contributed by atoms with Crippen molar-refractivity contribution >= 4 is 24.2 Å². The Hall–Kier alpha value is -3.34. The summed E-state index contributed by atoms with van der Waals surface area (Å²) < 4.78 is 25.5. The van der Waals surface area contributed by atoms with Crippen LogP contribution in [0.1, 0.15) is 53.0 Å². The molecule has 0 aliphatic heterocycles. The first kappa shape index (κ1) is 29.7. The number of hydrogen-bond donors (Lipinski definition) is 2. The molecule has 0 aliphatic carbocycles. The zero-order chi connectivity index (χ0) is 26.7. The minimum Gasteiger partial charge on any atom is -0.480 e. The Balaban J connectivity index is 3.33. The monoisotopic (exact) mass is 497 g/mol. The molecule has 11 heteroatoms. The third kappa shape index (κ3) is 10.6. The number of esters is 1. The molecule has 0 saturated carbocycles. The summed E-state index contributed by atoms with van der Waals surface area (Å²) >= 11 is 0. The fourth-order valence-electron chi connectivity index (χ4n) is 3.00. The molecule has 2 unspecified atom stereocenters. The molecule has 0 heterocycles. The van der Waals surface area contributed by atoms with Crippen LogP contribution in [-0.4, -0.2) is 55.2 Å². The lowest BCUT2D eigenvalue weighted by Crippen LogP contribution is -2.40. The highest BCUT2D eigenvalue weighted by atomic mass is 16.7. The third-order valence-electron chi connectivity index (χ3n) is 4.64. The maximum absolute atomic E-state index is 12.2. The van der Waals surface area contributed by atoms with Gasteiger partial charge in [0.1, 0.15) is 6.04 Å². The number of carboxylic acid groups (broad SMARTS) is 1. The van der Waals surface area contributed by atoms with Crippen LogP contribution in [-0.2, 0) is 23.8 Å². The van der Waals surface area contributed by atoms with Gasteiger partial charge in [-0.1, -0.05) is 40.7 Å². The topological polar surface area (TPSA) is 161 Å². The molecule has 35 heavy (non-hydrogen) atoms. The molecule has 1 aromatic rings. The predicted octanol–water partition coefficient (Wildman–Crippen LogP) is 3.72. The van der Waals surface area contributed by atoms with Gasteiger partial charge in [0.15, 0.2) is 11.5 Å². The van der Waals surface area contributed by atoms with Gasteiger partial charge in [0.2, 0.25) is 0 Å². The summed E-state index contributed by atoms with van der Waals surface area (Å²) in [5.41, 5.74) is 6.30. The standard InChI is InChI=1S/C24H35NO10/c1-13(2)10-32-23(29)34-18-8-7-17(9-19(18)35-24(30)33-11-14(3)4)20(21(25)22(27)28)15(5)12-31-16(6)26/h7-9,13-15,20-21H,10-12,25H2,1-6H3,(H,27,28)/t15?,20?,21-/m0/s1. The van der Waals surface area contributed by atoms with Gasteiger partial charge in [-0.25, -0.2) is 9.59 Å². The summed E-state index contributed by atoms with van der Waals surface area (Å²) in [6.07, 6.45) is -2.04. The number of ether oxygens (including phenoxy) is 5. The average molecular weight is 498 g/mol. The summed E-state index contributed by atoms with van der Waals surface area (Å²) in [5, 5.41) is 9.53. The van der Waals surface area contributed by atoms with Gasteiger partial charge in [0, 0.05) is 12.8 Å². The molecule has 0 saturated heterocycles. The van der Waals surface area contributed by atoms with Crippen molar-refractivity contribution in [3.05, 3.63) is 23.8 Å². The molecule has 0 fully saturated rings. The normalized spacial score (nSPS) is 13.5. The van der Waals surface area contributed by atoms with Crippen molar-refractivity contribution in [1.29, 1.82) is 0 Å². The first-order chi connectivity index (χ1) is 16.3. The van der Waals surface area contributed by atoms with E-state index in [9.17, 15) is 24.3 Å². The largest absolute Gasteiger partial charge is 0.513 e. The van der Waals surface area contributed by atoms with E-state index in [0.717, 1.165) is 0 Å². The second kappa shape index (κ2) is 14.1. The van der Waals surface area contributed by atoms with Gasteiger partial charge >= 0.3 is 24.2 Å². The van der Waals surface area contributed by atoms with E-state index in [1.807, 2.05) is 27.7 Å². The lowest BCUT2D eigenvalue weighted by atomic mass is 9.82. The van der Waals surface area contributed by atoms with E-state index in [0.29, 0.717) is 5.56 Å². The average Bonchev–Trinajstić information content (AvgIpc) is 2.76. The first-order valence-corrected chi connectivity index (χ1v) is 11.3. The highest BCUT2D eigenvalue weighted by Gasteiger charge is 2.32. The van der Waals surface area contributed by atoms with Gasteiger partial charge < -0.3 is 34.5 Å². The second-order valence-electron chi connectivity index (χ2n) is 8.99. The number of carboxylic acids is 1. The number of hydrogen-bond acceptors (Lipinski definition) is 10. The molecule has 0 aliphatic rings. The highest BCUT2D eigenvalue weighted by Crippen LogP contribution is 2.36. The molecular weight excluding hydrogens is 462 g/mol. The third-order valence-corrected chi connectivity index (χ3v) is 4.64. The van der Waals surface area contributed by atoms with Crippen molar-refractivity contribution in [1.82, 2.24) is 0 Å². The van der Waals surface area contributed by atoms with E-state index in [1.54, 1.807) is 6.92 Å². The minimum atomic E-state index is -1.37. The van der Waals surface area contributed by atoms with Crippen LogP contribution in [0.5, 0.6) is 11.5 Å². The molecule has 0 bridgehead atoms. The summed E-state index contributed by atoms with van der Waals surface area (Å²) in [4.78, 5) is 47.2. The van der Waals surface area contributed by atoms with Gasteiger partial charge in [0.25, 0.3) is 0 Å². The Kier molecular flexibility index (Phi) is 12.0. The molecule has 1 aromatic carbocycles. The van der Waals surface area contributed by atoms with Crippen LogP contribution in [0.3, 0.4) is 0 Å². The van der Waals surface area contributed by atoms with Crippen molar-refractivity contribution in [2.45, 2.75) is 53.5 Å². The number of aliphatic carboxylic acids is 1. The van der Waals surface area contributed by atoms with E-state index in [1.165, 1.54) is 25.1 Å². The predicted molar refractivity (Wildman–Crippen MR) is 124 cm³/mol. The molecule has 0 spiro atoms. The quantitative estimate of drug-likeness (QED) is 0.246. The second-order valence-corrected chi connectivity index (χ2v) is 8.99. The molecule has 0 amide bonds. The Labute approximate surface area is 204 Å². The smallest absolute Gasteiger partial charge is 0.480 e. The SMILES string of the molecule is CC(=O)OCC(C)C(c1ccc(OC(=O)OCC(C)C)c(OC(=O)OCC(C)C)c1)[C@H](N)C(=O)O. The van der Waals surface area contributed by atoms with E-state index in [4.69, 9.17) is 29.4 Å². The maximum Gasteiger partial charge on any atom is 0.513 e. The number of carbonyl (C=O) groups is 4. The molecule has 3 N–H and O–H groups in total. The van der Waals surface area contributed by atoms with Crippen LogP contribution in [0.4, 0.5) is 9.59 Å². The fraction of sp³-hybridized carbons (Fsp3) is 0.583. The van der Waals surface area contributed by atoms with Gasteiger partial charge in [-0.05, 0) is 35.4 Å². The first-order valence-electron chi connectivity index (χ1n) is 11.3. The van der Waals surface area contributed by atoms with E-state index in [2.05, 4.69) is 0 Å². The summed E-state index contributed by atoms with van der Waals surface area (Å²) in [5.74, 6) is -3.38. The Morgan fingerprint density at radius 1 is 0.829 bits per heavy atom. The lowest BCUT2D eigenvalue weighted by Gasteiger charge is -2.27. The number of benzene rings is 1. The number of rotatable bonds is 12. The van der Waals surface area contributed by atoms with Gasteiger partial charge in [-0.15, -0.1) is 0 Å².